The first-order valence-corrected chi connectivity index (χ1v) is 6.74. The van der Waals surface area contributed by atoms with Crippen LogP contribution >= 0.6 is 27.5 Å². The molecule has 0 heterocycles. The molecule has 19 heavy (non-hydrogen) atoms. The van der Waals surface area contributed by atoms with E-state index in [4.69, 9.17) is 22.1 Å². The molecule has 0 bridgehead atoms. The monoisotopic (exact) mass is 343 g/mol. The second-order valence-corrected chi connectivity index (χ2v) is 5.32. The maximum atomic E-state index is 13.8. The Balaban J connectivity index is 2.43. The fraction of sp³-hybridized carbons (Fsp3) is 0.143. The van der Waals surface area contributed by atoms with Crippen LogP contribution in [-0.2, 0) is 0 Å². The van der Waals surface area contributed by atoms with Crippen LogP contribution in [0.2, 0.25) is 5.02 Å². The molecule has 2 aromatic carbocycles. The van der Waals surface area contributed by atoms with E-state index in [9.17, 15) is 4.39 Å². The largest absolute Gasteiger partial charge is 0.497 e. The number of hydrogen-bond acceptors (Lipinski definition) is 2. The van der Waals surface area contributed by atoms with Gasteiger partial charge in [-0.15, -0.1) is 0 Å². The highest BCUT2D eigenvalue weighted by molar-refractivity contribution is 9.10. The zero-order valence-corrected chi connectivity index (χ0v) is 12.5. The van der Waals surface area contributed by atoms with Crippen LogP contribution in [0.3, 0.4) is 0 Å². The molecule has 2 N–H and O–H groups in total. The zero-order chi connectivity index (χ0) is 14.0. The number of rotatable bonds is 3. The second kappa shape index (κ2) is 5.90. The number of methoxy groups -OCH3 is 1. The fourth-order valence-corrected chi connectivity index (χ4v) is 2.59. The van der Waals surface area contributed by atoms with Gasteiger partial charge < -0.3 is 10.5 Å². The zero-order valence-electron chi connectivity index (χ0n) is 10.2. The Kier molecular flexibility index (Phi) is 4.45. The van der Waals surface area contributed by atoms with Crippen LogP contribution in [0, 0.1) is 5.82 Å². The van der Waals surface area contributed by atoms with E-state index in [2.05, 4.69) is 15.9 Å². The molecule has 2 nitrogen and oxygen atoms in total. The van der Waals surface area contributed by atoms with E-state index in [1.165, 1.54) is 18.2 Å². The lowest BCUT2D eigenvalue weighted by Crippen LogP contribution is -2.14. The first kappa shape index (κ1) is 14.3. The normalized spacial score (nSPS) is 12.3. The molecule has 0 fully saturated rings. The average molecular weight is 345 g/mol. The summed E-state index contributed by atoms with van der Waals surface area (Å²) in [4.78, 5) is 0. The molecular weight excluding hydrogens is 333 g/mol. The van der Waals surface area contributed by atoms with E-state index in [-0.39, 0.29) is 5.82 Å². The summed E-state index contributed by atoms with van der Waals surface area (Å²) in [7, 11) is 1.58. The molecule has 1 unspecified atom stereocenters. The summed E-state index contributed by atoms with van der Waals surface area (Å²) in [5.74, 6) is 0.328. The van der Waals surface area contributed by atoms with Gasteiger partial charge in [-0.25, -0.2) is 4.39 Å². The molecule has 0 aliphatic carbocycles. The summed E-state index contributed by atoms with van der Waals surface area (Å²) in [5.41, 5.74) is 7.23. The van der Waals surface area contributed by atoms with Gasteiger partial charge >= 0.3 is 0 Å². The predicted octanol–water partition coefficient (Wildman–Crippen LogP) is 4.30. The minimum atomic E-state index is -0.598. The summed E-state index contributed by atoms with van der Waals surface area (Å²) < 4.78 is 19.7. The van der Waals surface area contributed by atoms with Gasteiger partial charge in [0.05, 0.1) is 13.2 Å². The molecule has 0 saturated heterocycles. The van der Waals surface area contributed by atoms with E-state index in [1.54, 1.807) is 25.3 Å². The van der Waals surface area contributed by atoms with Crippen molar-refractivity contribution in [3.63, 3.8) is 0 Å². The Labute approximate surface area is 124 Å². The third kappa shape index (κ3) is 3.08. The molecule has 0 aromatic heterocycles. The number of halogens is 3. The summed E-state index contributed by atoms with van der Waals surface area (Å²) in [6, 6.07) is 9.12. The van der Waals surface area contributed by atoms with Gasteiger partial charge in [0.25, 0.3) is 0 Å². The molecule has 2 rings (SSSR count). The Hall–Kier alpha value is -1.10. The Morgan fingerprint density at radius 2 is 1.95 bits per heavy atom. The van der Waals surface area contributed by atoms with Crippen molar-refractivity contribution in [1.29, 1.82) is 0 Å². The van der Waals surface area contributed by atoms with Crippen LogP contribution < -0.4 is 10.5 Å². The van der Waals surface area contributed by atoms with Crippen LogP contribution in [-0.4, -0.2) is 7.11 Å². The molecule has 0 amide bonds. The maximum absolute atomic E-state index is 13.8. The quantitative estimate of drug-likeness (QED) is 0.901. The van der Waals surface area contributed by atoms with E-state index in [0.29, 0.717) is 16.3 Å². The van der Waals surface area contributed by atoms with Crippen molar-refractivity contribution >= 4 is 27.5 Å². The summed E-state index contributed by atoms with van der Waals surface area (Å²) >= 11 is 9.30. The molecule has 100 valence electrons. The molecule has 5 heteroatoms. The number of nitrogens with two attached hydrogens (primary N) is 1. The van der Waals surface area contributed by atoms with Crippen molar-refractivity contribution in [2.45, 2.75) is 6.04 Å². The molecule has 0 radical (unpaired) electrons. The van der Waals surface area contributed by atoms with Crippen molar-refractivity contribution in [1.82, 2.24) is 0 Å². The minimum Gasteiger partial charge on any atom is -0.497 e. The lowest BCUT2D eigenvalue weighted by molar-refractivity contribution is 0.414. The van der Waals surface area contributed by atoms with Crippen molar-refractivity contribution in [2.24, 2.45) is 5.73 Å². The van der Waals surface area contributed by atoms with Gasteiger partial charge in [-0.3, -0.25) is 0 Å². The lowest BCUT2D eigenvalue weighted by Gasteiger charge is -2.16. The fourth-order valence-electron chi connectivity index (χ4n) is 1.81. The summed E-state index contributed by atoms with van der Waals surface area (Å²) in [6.45, 7) is 0. The maximum Gasteiger partial charge on any atom is 0.128 e. The smallest absolute Gasteiger partial charge is 0.128 e. The standard InChI is InChI=1S/C14H12BrClFNO/c1-19-9-3-4-10(12(15)7-9)14(18)11-6-8(16)2-5-13(11)17/h2-7,14H,18H2,1H3. The summed E-state index contributed by atoms with van der Waals surface area (Å²) in [6.07, 6.45) is 0. The third-order valence-corrected chi connectivity index (χ3v) is 3.76. The molecular formula is C14H12BrClFNO. The van der Waals surface area contributed by atoms with Crippen LogP contribution in [0.25, 0.3) is 0 Å². The molecule has 0 aliphatic rings. The van der Waals surface area contributed by atoms with Crippen molar-refractivity contribution in [3.8, 4) is 5.75 Å². The van der Waals surface area contributed by atoms with Gasteiger partial charge in [-0.2, -0.15) is 0 Å². The van der Waals surface area contributed by atoms with Gasteiger partial charge in [0.1, 0.15) is 11.6 Å². The highest BCUT2D eigenvalue weighted by Gasteiger charge is 2.17. The van der Waals surface area contributed by atoms with Crippen LogP contribution in [0.1, 0.15) is 17.2 Å². The molecule has 0 aliphatic heterocycles. The second-order valence-electron chi connectivity index (χ2n) is 4.03. The minimum absolute atomic E-state index is 0.360. The Bertz CT molecular complexity index is 606. The first-order valence-electron chi connectivity index (χ1n) is 5.57. The molecule has 2 aromatic rings. The van der Waals surface area contributed by atoms with Gasteiger partial charge in [-0.05, 0) is 35.9 Å². The van der Waals surface area contributed by atoms with Crippen LogP contribution in [0.15, 0.2) is 40.9 Å². The van der Waals surface area contributed by atoms with Crippen molar-refractivity contribution in [2.75, 3.05) is 7.11 Å². The SMILES string of the molecule is COc1ccc(C(N)c2cc(Cl)ccc2F)c(Br)c1. The number of benzene rings is 2. The Morgan fingerprint density at radius 1 is 1.21 bits per heavy atom. The van der Waals surface area contributed by atoms with Gasteiger partial charge in [0.15, 0.2) is 0 Å². The highest BCUT2D eigenvalue weighted by atomic mass is 79.9. The average Bonchev–Trinajstić information content (AvgIpc) is 2.40. The summed E-state index contributed by atoms with van der Waals surface area (Å²) in [5, 5.41) is 0.455. The molecule has 1 atom stereocenters. The van der Waals surface area contributed by atoms with Crippen molar-refractivity contribution in [3.05, 3.63) is 62.8 Å². The van der Waals surface area contributed by atoms with Gasteiger partial charge in [0, 0.05) is 15.1 Å². The van der Waals surface area contributed by atoms with Gasteiger partial charge in [0.2, 0.25) is 0 Å². The Morgan fingerprint density at radius 3 is 2.58 bits per heavy atom. The third-order valence-electron chi connectivity index (χ3n) is 2.84. The number of hydrogen-bond donors (Lipinski definition) is 1. The topological polar surface area (TPSA) is 35.2 Å². The van der Waals surface area contributed by atoms with Gasteiger partial charge in [-0.1, -0.05) is 33.6 Å². The molecule has 0 spiro atoms. The van der Waals surface area contributed by atoms with E-state index in [0.717, 1.165) is 10.0 Å². The molecule has 0 saturated carbocycles. The van der Waals surface area contributed by atoms with E-state index >= 15 is 0 Å². The lowest BCUT2D eigenvalue weighted by atomic mass is 9.99. The van der Waals surface area contributed by atoms with E-state index < -0.39 is 6.04 Å². The van der Waals surface area contributed by atoms with Crippen molar-refractivity contribution < 1.29 is 9.13 Å². The van der Waals surface area contributed by atoms with Crippen LogP contribution in [0.5, 0.6) is 5.75 Å². The first-order chi connectivity index (χ1) is 9.02. The highest BCUT2D eigenvalue weighted by Crippen LogP contribution is 2.32. The number of ether oxygens (including phenoxy) is 1. The van der Waals surface area contributed by atoms with Crippen LogP contribution in [0.4, 0.5) is 4.39 Å². The van der Waals surface area contributed by atoms with E-state index in [1.807, 2.05) is 0 Å². The predicted molar refractivity (Wildman–Crippen MR) is 78.1 cm³/mol.